The molecule has 194 valence electrons. The normalized spacial score (nSPS) is 16.6. The number of halogens is 1. The van der Waals surface area contributed by atoms with Crippen molar-refractivity contribution in [3.05, 3.63) is 76.4 Å². The lowest BCUT2D eigenvalue weighted by molar-refractivity contribution is 0.0510. The summed E-state index contributed by atoms with van der Waals surface area (Å²) in [6.45, 7) is 6.40. The molecule has 1 aliphatic rings. The van der Waals surface area contributed by atoms with Gasteiger partial charge in [0.15, 0.2) is 0 Å². The fourth-order valence-corrected chi connectivity index (χ4v) is 4.70. The van der Waals surface area contributed by atoms with Crippen LogP contribution in [0.5, 0.6) is 5.75 Å². The number of aromatic nitrogens is 3. The molecule has 0 amide bonds. The van der Waals surface area contributed by atoms with E-state index in [1.54, 1.807) is 11.6 Å². The minimum absolute atomic E-state index is 0.0370. The molecule has 4 aromatic rings. The Balaban J connectivity index is 1.38. The maximum Gasteiger partial charge on any atom is 0.282 e. The van der Waals surface area contributed by atoms with Gasteiger partial charge in [0, 0.05) is 42.0 Å². The number of anilines is 1. The van der Waals surface area contributed by atoms with Crippen LogP contribution < -0.4 is 20.9 Å². The van der Waals surface area contributed by atoms with Crippen LogP contribution in [0.2, 0.25) is 5.02 Å². The number of ether oxygens (including phenoxy) is 2. The summed E-state index contributed by atoms with van der Waals surface area (Å²) in [5.41, 5.74) is 9.98. The monoisotopic (exact) mass is 521 g/mol. The molecule has 2 aromatic heterocycles. The highest BCUT2D eigenvalue weighted by Gasteiger charge is 2.26. The van der Waals surface area contributed by atoms with Crippen LogP contribution in [-0.4, -0.2) is 53.1 Å². The first-order valence-corrected chi connectivity index (χ1v) is 12.9. The van der Waals surface area contributed by atoms with E-state index < -0.39 is 0 Å². The van der Waals surface area contributed by atoms with Crippen molar-refractivity contribution in [3.8, 4) is 22.6 Å². The first-order chi connectivity index (χ1) is 17.8. The van der Waals surface area contributed by atoms with Crippen LogP contribution in [0.3, 0.4) is 0 Å². The summed E-state index contributed by atoms with van der Waals surface area (Å²) in [6.07, 6.45) is 4.44. The molecule has 0 radical (unpaired) electrons. The second-order valence-corrected chi connectivity index (χ2v) is 10.3. The molecule has 1 fully saturated rings. The molecule has 0 bridgehead atoms. The van der Waals surface area contributed by atoms with Crippen molar-refractivity contribution in [2.45, 2.75) is 32.4 Å². The fraction of sp³-hybridized carbons (Fsp3) is 0.357. The highest BCUT2D eigenvalue weighted by molar-refractivity contribution is 6.30. The van der Waals surface area contributed by atoms with Gasteiger partial charge in [-0.15, -0.1) is 0 Å². The molecule has 37 heavy (non-hydrogen) atoms. The smallest absolute Gasteiger partial charge is 0.282 e. The Bertz CT molecular complexity index is 1450. The Morgan fingerprint density at radius 1 is 1.14 bits per heavy atom. The van der Waals surface area contributed by atoms with E-state index in [4.69, 9.17) is 26.8 Å². The summed E-state index contributed by atoms with van der Waals surface area (Å²) in [5, 5.41) is 5.13. The van der Waals surface area contributed by atoms with Crippen LogP contribution in [0.25, 0.3) is 22.3 Å². The van der Waals surface area contributed by atoms with Crippen molar-refractivity contribution in [2.75, 3.05) is 31.7 Å². The fourth-order valence-electron chi connectivity index (χ4n) is 4.57. The van der Waals surface area contributed by atoms with Gasteiger partial charge < -0.3 is 20.1 Å². The van der Waals surface area contributed by atoms with Crippen molar-refractivity contribution < 1.29 is 9.47 Å². The van der Waals surface area contributed by atoms with Gasteiger partial charge in [0.25, 0.3) is 5.56 Å². The number of hydrogen-bond acceptors (Lipinski definition) is 6. The van der Waals surface area contributed by atoms with Gasteiger partial charge in [-0.3, -0.25) is 9.36 Å². The third-order valence-electron chi connectivity index (χ3n) is 7.02. The van der Waals surface area contributed by atoms with Gasteiger partial charge in [-0.1, -0.05) is 37.6 Å². The largest absolute Gasteiger partial charge is 0.495 e. The summed E-state index contributed by atoms with van der Waals surface area (Å²) >= 11 is 6.02. The predicted molar refractivity (Wildman–Crippen MR) is 147 cm³/mol. The van der Waals surface area contributed by atoms with Gasteiger partial charge in [0.05, 0.1) is 31.2 Å². The third-order valence-corrected chi connectivity index (χ3v) is 7.27. The molecule has 1 aliphatic heterocycles. The zero-order chi connectivity index (χ0) is 26.1. The van der Waals surface area contributed by atoms with Crippen molar-refractivity contribution in [1.29, 1.82) is 0 Å². The Labute approximate surface area is 221 Å². The van der Waals surface area contributed by atoms with E-state index >= 15 is 0 Å². The molecule has 5 rings (SSSR count). The number of methoxy groups -OCH3 is 1. The van der Waals surface area contributed by atoms with Crippen LogP contribution in [0.4, 0.5) is 5.69 Å². The van der Waals surface area contributed by atoms with Crippen LogP contribution in [0.1, 0.15) is 20.3 Å². The van der Waals surface area contributed by atoms with E-state index in [1.807, 2.05) is 54.7 Å². The van der Waals surface area contributed by atoms with Gasteiger partial charge in [-0.05, 0) is 48.2 Å². The second kappa shape index (κ2) is 10.6. The number of benzene rings is 2. The lowest BCUT2D eigenvalue weighted by Crippen LogP contribution is -2.34. The second-order valence-electron chi connectivity index (χ2n) is 9.83. The molecular formula is C28H32ClN5O3. The topological polar surface area (TPSA) is 87.0 Å². The molecule has 3 heterocycles. The van der Waals surface area contributed by atoms with E-state index in [2.05, 4.69) is 23.8 Å². The molecule has 0 aliphatic carbocycles. The van der Waals surface area contributed by atoms with E-state index in [0.717, 1.165) is 36.3 Å². The molecule has 2 N–H and O–H groups in total. The van der Waals surface area contributed by atoms with E-state index in [9.17, 15) is 4.79 Å². The maximum atomic E-state index is 13.4. The van der Waals surface area contributed by atoms with Crippen LogP contribution >= 0.6 is 11.6 Å². The molecule has 2 aromatic carbocycles. The summed E-state index contributed by atoms with van der Waals surface area (Å²) in [4.78, 5) is 15.6. The maximum absolute atomic E-state index is 13.4. The zero-order valence-corrected chi connectivity index (χ0v) is 22.1. The number of nitrogens with two attached hydrogens (primary N) is 1. The Morgan fingerprint density at radius 3 is 2.65 bits per heavy atom. The molecular weight excluding hydrogens is 490 g/mol. The lowest BCUT2D eigenvalue weighted by atomic mass is 10.1. The van der Waals surface area contributed by atoms with Crippen molar-refractivity contribution in [2.24, 2.45) is 11.7 Å². The van der Waals surface area contributed by atoms with Crippen LogP contribution in [0.15, 0.2) is 65.8 Å². The average Bonchev–Trinajstić information content (AvgIpc) is 3.55. The average molecular weight is 522 g/mol. The van der Waals surface area contributed by atoms with E-state index in [0.29, 0.717) is 34.5 Å². The van der Waals surface area contributed by atoms with E-state index in [1.165, 1.54) is 10.9 Å². The summed E-state index contributed by atoms with van der Waals surface area (Å²) in [6, 6.07) is 15.2. The molecule has 0 saturated carbocycles. The highest BCUT2D eigenvalue weighted by Crippen LogP contribution is 2.33. The first-order valence-electron chi connectivity index (χ1n) is 12.5. The lowest BCUT2D eigenvalue weighted by Gasteiger charge is -2.23. The van der Waals surface area contributed by atoms with Crippen LogP contribution in [-0.2, 0) is 4.74 Å². The predicted octanol–water partition coefficient (Wildman–Crippen LogP) is 4.39. The van der Waals surface area contributed by atoms with E-state index in [-0.39, 0.29) is 17.7 Å². The highest BCUT2D eigenvalue weighted by atomic mass is 35.5. The molecule has 1 saturated heterocycles. The van der Waals surface area contributed by atoms with Gasteiger partial charge in [0.1, 0.15) is 17.6 Å². The number of hydrogen-bond donors (Lipinski definition) is 1. The molecule has 0 spiro atoms. The Kier molecular flexibility index (Phi) is 7.24. The standard InChI is InChI=1S/C28H32ClN5O3/c1-18(2)24(30)16-37-23-10-11-32(15-23)25-9-8-22(13-27(25)36-3)33-17-31-34-14-20(12-26(34)28(33)35)19-4-6-21(29)7-5-19/h4-9,12-14,17-18,23-24H,10-11,15-16,30H2,1-3H3. The van der Waals surface area contributed by atoms with Crippen molar-refractivity contribution in [1.82, 2.24) is 14.2 Å². The third kappa shape index (κ3) is 5.23. The summed E-state index contributed by atoms with van der Waals surface area (Å²) < 4.78 is 14.9. The quantitative estimate of drug-likeness (QED) is 0.370. The molecule has 2 unspecified atom stereocenters. The Morgan fingerprint density at radius 2 is 1.92 bits per heavy atom. The minimum atomic E-state index is -0.166. The number of fused-ring (bicyclic) bond motifs is 1. The van der Waals surface area contributed by atoms with Crippen LogP contribution in [0, 0.1) is 5.92 Å². The van der Waals surface area contributed by atoms with Gasteiger partial charge >= 0.3 is 0 Å². The number of rotatable bonds is 8. The number of nitrogens with zero attached hydrogens (tertiary/aromatic N) is 4. The molecule has 2 atom stereocenters. The van der Waals surface area contributed by atoms with Gasteiger partial charge in [0.2, 0.25) is 0 Å². The summed E-state index contributed by atoms with van der Waals surface area (Å²) in [7, 11) is 1.64. The molecule has 9 heteroatoms. The summed E-state index contributed by atoms with van der Waals surface area (Å²) in [5.74, 6) is 1.08. The zero-order valence-electron chi connectivity index (χ0n) is 21.3. The Hall–Kier alpha value is -3.33. The van der Waals surface area contributed by atoms with Gasteiger partial charge in [-0.25, -0.2) is 4.52 Å². The molecule has 8 nitrogen and oxygen atoms in total. The minimum Gasteiger partial charge on any atom is -0.495 e. The SMILES string of the molecule is COc1cc(-n2cnn3cc(-c4ccc(Cl)cc4)cc3c2=O)ccc1N1CCC(OCC(N)C(C)C)C1. The van der Waals surface area contributed by atoms with Gasteiger partial charge in [-0.2, -0.15) is 5.10 Å². The van der Waals surface area contributed by atoms with Crippen molar-refractivity contribution >= 4 is 22.8 Å². The van der Waals surface area contributed by atoms with Crippen molar-refractivity contribution in [3.63, 3.8) is 0 Å². The first kappa shape index (κ1) is 25.3.